The SMILES string of the molecule is CCCCCCCCC(O)CCCCCC.[CH2-]CCCCCN(CCCCCCOC(=O)C(CCCCCC)CCCCCCCC)C(CC)CO.[Y]. The van der Waals surface area contributed by atoms with Crippen molar-refractivity contribution in [2.75, 3.05) is 26.3 Å². The Morgan fingerprint density at radius 1 is 0.547 bits per heavy atom. The van der Waals surface area contributed by atoms with E-state index >= 15 is 0 Å². The van der Waals surface area contributed by atoms with E-state index in [1.165, 1.54) is 135 Å². The fraction of sp³-hybridized carbons (Fsp3) is 0.957. The third-order valence-corrected chi connectivity index (χ3v) is 10.9. The van der Waals surface area contributed by atoms with Crippen LogP contribution in [-0.2, 0) is 42.2 Å². The molecule has 0 aromatic rings. The molecular formula is C47H96NO4Y-. The maximum absolute atomic E-state index is 12.8. The summed E-state index contributed by atoms with van der Waals surface area (Å²) in [5.41, 5.74) is 0. The van der Waals surface area contributed by atoms with Crippen LogP contribution >= 0.6 is 0 Å². The van der Waals surface area contributed by atoms with Gasteiger partial charge in [0.15, 0.2) is 0 Å². The van der Waals surface area contributed by atoms with E-state index in [-0.39, 0.29) is 63.3 Å². The summed E-state index contributed by atoms with van der Waals surface area (Å²) >= 11 is 0. The van der Waals surface area contributed by atoms with Gasteiger partial charge in [-0.25, -0.2) is 0 Å². The van der Waals surface area contributed by atoms with Gasteiger partial charge < -0.3 is 21.9 Å². The van der Waals surface area contributed by atoms with E-state index in [0.717, 1.165) is 90.1 Å². The number of ether oxygens (including phenoxy) is 1. The second kappa shape index (κ2) is 48.6. The first-order valence-corrected chi connectivity index (χ1v) is 23.4. The van der Waals surface area contributed by atoms with Crippen LogP contribution in [0.5, 0.6) is 0 Å². The molecule has 0 heterocycles. The Bertz CT molecular complexity index is 677. The molecule has 0 spiro atoms. The molecule has 0 saturated carbocycles. The molecule has 0 bridgehead atoms. The van der Waals surface area contributed by atoms with Gasteiger partial charge in [-0.3, -0.25) is 9.69 Å². The minimum absolute atomic E-state index is 0. The third-order valence-electron chi connectivity index (χ3n) is 10.9. The standard InChI is InChI=1S/C32H64NO3.C15H32O.Y/c1-5-9-12-15-16-20-25-30(24-19-13-10-6-2)32(35)36-28-23-18-17-22-27-33(31(8-4)29-34)26-21-14-11-7-3;1-3-5-7-9-10-12-14-15(16)13-11-8-6-4-2;/h30-31,34H,3,5-29H2,1-2,4H3;15-16H,3-14H2,1-2H3;/q-1;;. The minimum atomic E-state index is -0.0250. The number of rotatable bonds is 40. The predicted molar refractivity (Wildman–Crippen MR) is 229 cm³/mol. The molecule has 0 aliphatic rings. The van der Waals surface area contributed by atoms with Crippen LogP contribution in [-0.4, -0.2) is 59.5 Å². The molecule has 1 radical (unpaired) electrons. The summed E-state index contributed by atoms with van der Waals surface area (Å²) in [5, 5.41) is 19.5. The number of aliphatic hydroxyl groups excluding tert-OH is 2. The summed E-state index contributed by atoms with van der Waals surface area (Å²) in [6.45, 7) is 18.0. The van der Waals surface area contributed by atoms with E-state index in [1.807, 2.05) is 0 Å². The summed E-state index contributed by atoms with van der Waals surface area (Å²) in [4.78, 5) is 15.3. The Morgan fingerprint density at radius 3 is 1.36 bits per heavy atom. The van der Waals surface area contributed by atoms with Crippen molar-refractivity contribution >= 4 is 5.97 Å². The maximum Gasteiger partial charge on any atom is 0.308 e. The van der Waals surface area contributed by atoms with Crippen LogP contribution in [0.15, 0.2) is 0 Å². The minimum Gasteiger partial charge on any atom is -0.465 e. The number of esters is 1. The van der Waals surface area contributed by atoms with E-state index in [9.17, 15) is 15.0 Å². The number of carbonyl (C=O) groups excluding carboxylic acids is 1. The molecular weight excluding hydrogens is 731 g/mol. The van der Waals surface area contributed by atoms with E-state index < -0.39 is 0 Å². The summed E-state index contributed by atoms with van der Waals surface area (Å²) in [6, 6.07) is 0.284. The molecule has 3 atom stereocenters. The molecule has 0 aliphatic heterocycles. The molecule has 3 unspecified atom stereocenters. The first kappa shape index (κ1) is 57.8. The van der Waals surface area contributed by atoms with Crippen LogP contribution in [0.25, 0.3) is 0 Å². The average molecular weight is 828 g/mol. The van der Waals surface area contributed by atoms with Gasteiger partial charge in [-0.05, 0) is 64.5 Å². The van der Waals surface area contributed by atoms with Crippen molar-refractivity contribution < 1.29 is 52.5 Å². The van der Waals surface area contributed by atoms with Gasteiger partial charge in [-0.2, -0.15) is 6.42 Å². The zero-order valence-electron chi connectivity index (χ0n) is 36.8. The Morgan fingerprint density at radius 2 is 0.925 bits per heavy atom. The second-order valence-electron chi connectivity index (χ2n) is 15.9. The van der Waals surface area contributed by atoms with Crippen molar-refractivity contribution in [2.24, 2.45) is 5.92 Å². The van der Waals surface area contributed by atoms with Crippen LogP contribution < -0.4 is 0 Å². The van der Waals surface area contributed by atoms with Gasteiger partial charge in [0.2, 0.25) is 0 Å². The fourth-order valence-corrected chi connectivity index (χ4v) is 7.19. The predicted octanol–water partition coefficient (Wildman–Crippen LogP) is 14.0. The number of hydrogen-bond donors (Lipinski definition) is 2. The first-order valence-electron chi connectivity index (χ1n) is 23.4. The van der Waals surface area contributed by atoms with Crippen LogP contribution in [0.4, 0.5) is 0 Å². The smallest absolute Gasteiger partial charge is 0.308 e. The number of nitrogens with zero attached hydrogens (tertiary/aromatic N) is 1. The fourth-order valence-electron chi connectivity index (χ4n) is 7.19. The quantitative estimate of drug-likeness (QED) is 0.0366. The Labute approximate surface area is 359 Å². The summed E-state index contributed by atoms with van der Waals surface area (Å²) in [7, 11) is 0. The van der Waals surface area contributed by atoms with Gasteiger partial charge in [0, 0.05) is 38.8 Å². The van der Waals surface area contributed by atoms with E-state index in [4.69, 9.17) is 4.74 Å². The van der Waals surface area contributed by atoms with E-state index in [0.29, 0.717) is 6.61 Å². The van der Waals surface area contributed by atoms with E-state index in [1.54, 1.807) is 0 Å². The molecule has 0 rings (SSSR count). The van der Waals surface area contributed by atoms with E-state index in [2.05, 4.69) is 46.4 Å². The number of unbranched alkanes of at least 4 members (excludes halogenated alkanes) is 22. The monoisotopic (exact) mass is 828 g/mol. The second-order valence-corrected chi connectivity index (χ2v) is 15.9. The Hall–Kier alpha value is 0.454. The zero-order chi connectivity index (χ0) is 38.8. The molecule has 0 saturated heterocycles. The van der Waals surface area contributed by atoms with Gasteiger partial charge in [0.05, 0.1) is 25.2 Å². The van der Waals surface area contributed by atoms with Crippen LogP contribution in [0, 0.1) is 12.8 Å². The zero-order valence-corrected chi connectivity index (χ0v) is 39.7. The first-order chi connectivity index (χ1) is 25.4. The molecule has 53 heavy (non-hydrogen) atoms. The van der Waals surface area contributed by atoms with Gasteiger partial charge in [0.1, 0.15) is 0 Å². The van der Waals surface area contributed by atoms with Crippen molar-refractivity contribution in [3.05, 3.63) is 6.92 Å². The Kier molecular flexibility index (Phi) is 53.0. The van der Waals surface area contributed by atoms with Crippen molar-refractivity contribution in [3.8, 4) is 0 Å². The maximum atomic E-state index is 12.8. The third kappa shape index (κ3) is 41.9. The molecule has 0 aromatic heterocycles. The molecule has 0 fully saturated rings. The van der Waals surface area contributed by atoms with Crippen molar-refractivity contribution in [3.63, 3.8) is 0 Å². The average Bonchev–Trinajstić information content (AvgIpc) is 3.15. The van der Waals surface area contributed by atoms with Crippen LogP contribution in [0.3, 0.4) is 0 Å². The van der Waals surface area contributed by atoms with Crippen molar-refractivity contribution in [1.29, 1.82) is 0 Å². The number of aliphatic hydroxyl groups is 2. The van der Waals surface area contributed by atoms with Gasteiger partial charge in [0.25, 0.3) is 0 Å². The topological polar surface area (TPSA) is 70.0 Å². The van der Waals surface area contributed by atoms with Gasteiger partial charge in [-0.15, -0.1) is 0 Å². The van der Waals surface area contributed by atoms with Gasteiger partial charge >= 0.3 is 5.97 Å². The summed E-state index contributed by atoms with van der Waals surface area (Å²) in [5.74, 6) is 0.164. The van der Waals surface area contributed by atoms with Gasteiger partial charge in [-0.1, -0.05) is 189 Å². The molecule has 0 aromatic carbocycles. The van der Waals surface area contributed by atoms with Crippen LogP contribution in [0.2, 0.25) is 0 Å². The van der Waals surface area contributed by atoms with Crippen LogP contribution in [0.1, 0.15) is 247 Å². The largest absolute Gasteiger partial charge is 0.465 e. The molecule has 0 amide bonds. The molecule has 317 valence electrons. The molecule has 0 aliphatic carbocycles. The molecule has 2 N–H and O–H groups in total. The van der Waals surface area contributed by atoms with Crippen molar-refractivity contribution in [2.45, 2.75) is 259 Å². The normalized spacial score (nSPS) is 12.9. The molecule has 5 nitrogen and oxygen atoms in total. The Balaban J connectivity index is -0.00000123. The number of hydrogen-bond acceptors (Lipinski definition) is 5. The molecule has 6 heteroatoms. The van der Waals surface area contributed by atoms with Crippen molar-refractivity contribution in [1.82, 2.24) is 4.90 Å². The summed E-state index contributed by atoms with van der Waals surface area (Å²) in [6.07, 6.45) is 39.7. The summed E-state index contributed by atoms with van der Waals surface area (Å²) < 4.78 is 5.75. The number of carbonyl (C=O) groups is 1.